The van der Waals surface area contributed by atoms with Gasteiger partial charge in [-0.3, -0.25) is 5.73 Å². The van der Waals surface area contributed by atoms with E-state index in [0.29, 0.717) is 24.0 Å². The van der Waals surface area contributed by atoms with E-state index in [2.05, 4.69) is 98.8 Å². The molecule has 3 unspecified atom stereocenters. The summed E-state index contributed by atoms with van der Waals surface area (Å²) in [5, 5.41) is 3.56. The number of nitrogens with zero attached hydrogens (tertiary/aromatic N) is 6. The Morgan fingerprint density at radius 2 is 1.64 bits per heavy atom. The zero-order chi connectivity index (χ0) is 41.5. The molecule has 1 fully saturated rings. The summed E-state index contributed by atoms with van der Waals surface area (Å²) in [4.78, 5) is 40.6. The number of esters is 1. The van der Waals surface area contributed by atoms with Gasteiger partial charge in [-0.15, -0.1) is 17.7 Å². The molecule has 12 heteroatoms. The van der Waals surface area contributed by atoms with Gasteiger partial charge in [0.25, 0.3) is 0 Å². The van der Waals surface area contributed by atoms with Crippen LogP contribution in [0.4, 0.5) is 11.4 Å². The lowest BCUT2D eigenvalue weighted by Crippen LogP contribution is -2.49. The molecule has 3 atom stereocenters. The van der Waals surface area contributed by atoms with Crippen molar-refractivity contribution in [2.24, 2.45) is 39.3 Å². The van der Waals surface area contributed by atoms with Crippen LogP contribution in [-0.4, -0.2) is 57.9 Å². The summed E-state index contributed by atoms with van der Waals surface area (Å²) < 4.78 is 8.20. The van der Waals surface area contributed by atoms with Gasteiger partial charge in [-0.25, -0.2) is 34.1 Å². The Kier molecular flexibility index (Phi) is 12.4. The van der Waals surface area contributed by atoms with Crippen molar-refractivity contribution < 1.29 is 19.3 Å². The van der Waals surface area contributed by atoms with Crippen molar-refractivity contribution in [2.45, 2.75) is 113 Å². The fourth-order valence-corrected chi connectivity index (χ4v) is 8.28. The Morgan fingerprint density at radius 1 is 1.04 bits per heavy atom. The molecule has 5 rings (SSSR count). The van der Waals surface area contributed by atoms with E-state index in [-0.39, 0.29) is 63.7 Å². The lowest BCUT2D eigenvalue weighted by atomic mass is 9.59. The summed E-state index contributed by atoms with van der Waals surface area (Å²) in [6.07, 6.45) is 1.55. The topological polar surface area (TPSA) is 121 Å². The number of carbonyl (C=O) groups is 1. The summed E-state index contributed by atoms with van der Waals surface area (Å²) in [6.45, 7) is 35.4. The van der Waals surface area contributed by atoms with Crippen LogP contribution in [0.1, 0.15) is 106 Å². The minimum atomic E-state index is -1.34. The third kappa shape index (κ3) is 9.23. The molecule has 3 aromatic rings. The number of allylic oxidation sites excluding steroid dienone is 1. The molecular weight excluding hydrogens is 723 g/mol. The van der Waals surface area contributed by atoms with E-state index in [4.69, 9.17) is 41.9 Å². The average Bonchev–Trinajstić information content (AvgIpc) is 3.64. The van der Waals surface area contributed by atoms with Crippen molar-refractivity contribution in [3.63, 3.8) is 0 Å². The van der Waals surface area contributed by atoms with Gasteiger partial charge < -0.3 is 9.64 Å². The van der Waals surface area contributed by atoms with Crippen LogP contribution in [0.2, 0.25) is 0 Å². The summed E-state index contributed by atoms with van der Waals surface area (Å²) in [7, 11) is 1.39. The number of aromatic nitrogens is 3. The monoisotopic (exact) mass is 783 g/mol. The summed E-state index contributed by atoms with van der Waals surface area (Å²) in [5.41, 5.74) is 10.4. The third-order valence-corrected chi connectivity index (χ3v) is 11.4. The SMILES string of the molecule is [C-]#[N+]C1=C(C(=O)OC2C(C(C)(C)C)CC(C)CC2C(C)(C)C)c2nc(-c3ccc(C(C)(C)C)cc3)nn2C1=Nc1ccc(N(CC)CC(N)(S)OOC)cc1C. The molecule has 0 amide bonds. The second-order valence-corrected chi connectivity index (χ2v) is 19.5. The highest BCUT2D eigenvalue weighted by Gasteiger charge is 2.49. The highest BCUT2D eigenvalue weighted by atomic mass is 32.1. The van der Waals surface area contributed by atoms with E-state index < -0.39 is 11.0 Å². The number of ether oxygens (including phenoxy) is 1. The van der Waals surface area contributed by atoms with E-state index in [9.17, 15) is 4.79 Å². The minimum Gasteiger partial charge on any atom is -0.459 e. The molecule has 11 nitrogen and oxygen atoms in total. The lowest BCUT2D eigenvalue weighted by molar-refractivity contribution is -0.312. The van der Waals surface area contributed by atoms with Gasteiger partial charge in [0.15, 0.2) is 17.5 Å². The number of hydrogen-bond acceptors (Lipinski definition) is 10. The Hall–Kier alpha value is -4.02. The number of nitrogens with two attached hydrogens (primary N) is 1. The second-order valence-electron chi connectivity index (χ2n) is 18.7. The molecule has 1 aliphatic heterocycles. The van der Waals surface area contributed by atoms with Gasteiger partial charge in [0, 0.05) is 29.6 Å². The number of aliphatic imine (C=N–C) groups is 1. The molecule has 2 N–H and O–H groups in total. The van der Waals surface area contributed by atoms with Gasteiger partial charge in [-0.2, -0.15) is 0 Å². The van der Waals surface area contributed by atoms with Gasteiger partial charge in [-0.1, -0.05) is 93.5 Å². The normalized spacial score (nSPS) is 22.1. The fourth-order valence-electron chi connectivity index (χ4n) is 8.03. The Labute approximate surface area is 339 Å². The lowest BCUT2D eigenvalue weighted by Gasteiger charge is -2.50. The molecule has 302 valence electrons. The van der Waals surface area contributed by atoms with Crippen molar-refractivity contribution in [2.75, 3.05) is 25.1 Å². The molecule has 0 spiro atoms. The first-order valence-electron chi connectivity index (χ1n) is 19.6. The van der Waals surface area contributed by atoms with Crippen LogP contribution in [0.15, 0.2) is 53.2 Å². The first kappa shape index (κ1) is 43.1. The van der Waals surface area contributed by atoms with E-state index in [1.807, 2.05) is 49.1 Å². The van der Waals surface area contributed by atoms with Crippen LogP contribution in [-0.2, 0) is 24.7 Å². The van der Waals surface area contributed by atoms with Crippen molar-refractivity contribution >= 4 is 41.4 Å². The molecule has 2 aromatic carbocycles. The Bertz CT molecular complexity index is 2000. The molecule has 0 bridgehead atoms. The van der Waals surface area contributed by atoms with Gasteiger partial charge in [0.05, 0.1) is 25.9 Å². The van der Waals surface area contributed by atoms with E-state index in [1.165, 1.54) is 17.4 Å². The zero-order valence-electron chi connectivity index (χ0n) is 35.5. The molecule has 1 aromatic heterocycles. The Balaban J connectivity index is 1.63. The maximum absolute atomic E-state index is 14.8. The number of hydrogen-bond donors (Lipinski definition) is 2. The number of benzene rings is 2. The minimum absolute atomic E-state index is 0.0296. The predicted molar refractivity (Wildman–Crippen MR) is 227 cm³/mol. The quantitative estimate of drug-likeness (QED) is 0.0521. The van der Waals surface area contributed by atoms with E-state index >= 15 is 0 Å². The van der Waals surface area contributed by atoms with Crippen LogP contribution in [0.3, 0.4) is 0 Å². The van der Waals surface area contributed by atoms with Crippen molar-refractivity contribution in [1.29, 1.82) is 0 Å². The zero-order valence-corrected chi connectivity index (χ0v) is 36.4. The molecular formula is C44H61N7O4S. The fraction of sp³-hybridized carbons (Fsp3) is 0.568. The van der Waals surface area contributed by atoms with Crippen LogP contribution in [0, 0.1) is 42.1 Å². The number of anilines is 1. The van der Waals surface area contributed by atoms with Crippen LogP contribution in [0.25, 0.3) is 21.8 Å². The predicted octanol–water partition coefficient (Wildman–Crippen LogP) is 9.39. The van der Waals surface area contributed by atoms with Gasteiger partial charge >= 0.3 is 5.97 Å². The van der Waals surface area contributed by atoms with E-state index in [0.717, 1.165) is 29.7 Å². The van der Waals surface area contributed by atoms with Crippen molar-refractivity contribution in [1.82, 2.24) is 14.8 Å². The molecule has 56 heavy (non-hydrogen) atoms. The van der Waals surface area contributed by atoms with Gasteiger partial charge in [0.2, 0.25) is 10.8 Å². The van der Waals surface area contributed by atoms with Gasteiger partial charge in [0.1, 0.15) is 11.7 Å². The standard InChI is InChI=1S/C44H61N7O4S/c1-15-50(25-44(45,56)55-53-14)30-20-21-33(27(3)24-30)47-39-35(46-13)34(38-48-37(49-51(38)39)28-16-18-29(19-17-28)41(4,5)6)40(52)54-36-31(42(7,8)9)22-26(2)23-32(36)43(10,11)12/h16-21,24,26,31-32,36,56H,15,22-23,25,45H2,1-12,14H3. The number of carbonyl (C=O) groups excluding carboxylic acids is 1. The molecule has 1 saturated carbocycles. The maximum Gasteiger partial charge on any atom is 0.331 e. The van der Waals surface area contributed by atoms with Crippen LogP contribution < -0.4 is 10.6 Å². The number of aryl methyl sites for hydroxylation is 1. The van der Waals surface area contributed by atoms with Crippen molar-refractivity contribution in [3.8, 4) is 11.4 Å². The average molecular weight is 784 g/mol. The molecule has 1 aliphatic carbocycles. The largest absolute Gasteiger partial charge is 0.459 e. The summed E-state index contributed by atoms with van der Waals surface area (Å²) in [5.74, 6) is 1.05. The number of rotatable bonds is 10. The van der Waals surface area contributed by atoms with Gasteiger partial charge in [-0.05, 0) is 78.2 Å². The summed E-state index contributed by atoms with van der Waals surface area (Å²) >= 11 is 4.42. The van der Waals surface area contributed by atoms with Crippen molar-refractivity contribution in [3.05, 3.63) is 76.5 Å². The maximum atomic E-state index is 14.8. The third-order valence-electron chi connectivity index (χ3n) is 11.2. The number of likely N-dealkylation sites (N-methyl/N-ethyl adjacent to an activating group) is 1. The smallest absolute Gasteiger partial charge is 0.331 e. The second kappa shape index (κ2) is 16.1. The molecule has 2 heterocycles. The first-order valence-corrected chi connectivity index (χ1v) is 20.0. The molecule has 2 aliphatic rings. The Morgan fingerprint density at radius 3 is 2.14 bits per heavy atom. The highest BCUT2D eigenvalue weighted by molar-refractivity contribution is 7.81. The van der Waals surface area contributed by atoms with E-state index in [1.54, 1.807) is 0 Å². The first-order chi connectivity index (χ1) is 26.0. The summed E-state index contributed by atoms with van der Waals surface area (Å²) in [6, 6.07) is 13.9. The number of thiol groups is 1. The number of fused-ring (bicyclic) bond motifs is 1. The van der Waals surface area contributed by atoms with Crippen LogP contribution >= 0.6 is 12.6 Å². The van der Waals surface area contributed by atoms with Crippen LogP contribution in [0.5, 0.6) is 0 Å². The molecule has 0 radical (unpaired) electrons. The molecule has 0 saturated heterocycles. The highest BCUT2D eigenvalue weighted by Crippen LogP contribution is 2.50.